The molecule has 308 valence electrons. The molecule has 0 spiro atoms. The first-order chi connectivity index (χ1) is 26.2. The average Bonchev–Trinajstić information content (AvgIpc) is 4.08. The van der Waals surface area contributed by atoms with Gasteiger partial charge in [-0.1, -0.05) is 6.92 Å². The SMILES string of the molecule is CCC(CCOCCOCCOCC1CCC2OC2C1)(CCOCCOCCOCC1CCC2OC2C1)COCCOCCOCC1CCC2OC2C1. The van der Waals surface area contributed by atoms with E-state index in [1.54, 1.807) is 0 Å². The molecular weight excluding hydrogens is 684 g/mol. The van der Waals surface area contributed by atoms with Crippen LogP contribution in [0, 0.1) is 23.2 Å². The van der Waals surface area contributed by atoms with Gasteiger partial charge in [-0.15, -0.1) is 0 Å². The van der Waals surface area contributed by atoms with E-state index in [1.807, 2.05) is 0 Å². The van der Waals surface area contributed by atoms with Crippen molar-refractivity contribution in [3.05, 3.63) is 0 Å². The van der Waals surface area contributed by atoms with E-state index in [4.69, 9.17) is 56.8 Å². The Morgan fingerprint density at radius 3 is 1.04 bits per heavy atom. The van der Waals surface area contributed by atoms with E-state index in [1.165, 1.54) is 38.5 Å². The van der Waals surface area contributed by atoms with Crippen molar-refractivity contribution >= 4 is 0 Å². The fourth-order valence-electron chi connectivity index (χ4n) is 8.47. The van der Waals surface area contributed by atoms with Crippen LogP contribution in [0.4, 0.5) is 0 Å². The molecule has 12 nitrogen and oxygen atoms in total. The van der Waals surface area contributed by atoms with E-state index >= 15 is 0 Å². The summed E-state index contributed by atoms with van der Waals surface area (Å²) < 4.78 is 70.1. The molecule has 0 aromatic heterocycles. The first-order valence-corrected chi connectivity index (χ1v) is 21.4. The maximum absolute atomic E-state index is 6.20. The van der Waals surface area contributed by atoms with Gasteiger partial charge >= 0.3 is 0 Å². The molecule has 9 atom stereocenters. The molecule has 0 amide bonds. The van der Waals surface area contributed by atoms with Crippen LogP contribution in [0.15, 0.2) is 0 Å². The second kappa shape index (κ2) is 23.7. The van der Waals surface area contributed by atoms with Crippen LogP contribution in [0.2, 0.25) is 0 Å². The quantitative estimate of drug-likeness (QED) is 0.0661. The molecule has 0 bridgehead atoms. The van der Waals surface area contributed by atoms with E-state index in [-0.39, 0.29) is 5.41 Å². The van der Waals surface area contributed by atoms with E-state index in [0.717, 1.165) is 58.3 Å². The van der Waals surface area contributed by atoms with E-state index in [0.29, 0.717) is 153 Å². The molecule has 3 saturated heterocycles. The van der Waals surface area contributed by atoms with Crippen LogP contribution < -0.4 is 0 Å². The number of fused-ring (bicyclic) bond motifs is 3. The Hall–Kier alpha value is -0.480. The third-order valence-corrected chi connectivity index (χ3v) is 12.3. The minimum absolute atomic E-state index is 0.0356. The summed E-state index contributed by atoms with van der Waals surface area (Å²) in [6.07, 6.45) is 16.6. The summed E-state index contributed by atoms with van der Waals surface area (Å²) in [5, 5.41) is 0. The first kappa shape index (κ1) is 42.1. The van der Waals surface area contributed by atoms with Gasteiger partial charge in [-0.2, -0.15) is 0 Å². The zero-order valence-electron chi connectivity index (χ0n) is 32.8. The van der Waals surface area contributed by atoms with Crippen LogP contribution in [0.1, 0.15) is 84.0 Å². The fourth-order valence-corrected chi connectivity index (χ4v) is 8.47. The van der Waals surface area contributed by atoms with Gasteiger partial charge in [0.15, 0.2) is 0 Å². The van der Waals surface area contributed by atoms with E-state index < -0.39 is 0 Å². The van der Waals surface area contributed by atoms with Crippen molar-refractivity contribution < 1.29 is 56.8 Å². The van der Waals surface area contributed by atoms with Gasteiger partial charge in [0.1, 0.15) is 0 Å². The summed E-state index contributed by atoms with van der Waals surface area (Å²) in [6, 6.07) is 0. The van der Waals surface area contributed by atoms with Crippen molar-refractivity contribution in [1.82, 2.24) is 0 Å². The predicted molar refractivity (Wildman–Crippen MR) is 197 cm³/mol. The molecule has 0 N–H and O–H groups in total. The summed E-state index contributed by atoms with van der Waals surface area (Å²) in [5.74, 6) is 1.90. The number of rotatable bonds is 33. The molecule has 6 rings (SSSR count). The number of epoxide rings is 3. The molecule has 0 aromatic carbocycles. The summed E-state index contributed by atoms with van der Waals surface area (Å²) >= 11 is 0. The third kappa shape index (κ3) is 16.1. The average molecular weight is 757 g/mol. The Balaban J connectivity index is 0.771. The highest BCUT2D eigenvalue weighted by Crippen LogP contribution is 2.41. The van der Waals surface area contributed by atoms with Gasteiger partial charge in [0.2, 0.25) is 0 Å². The van der Waals surface area contributed by atoms with Gasteiger partial charge in [-0.05, 0) is 100 Å². The minimum atomic E-state index is -0.0356. The lowest BCUT2D eigenvalue weighted by atomic mass is 9.80. The Bertz CT molecular complexity index is 925. The highest BCUT2D eigenvalue weighted by Gasteiger charge is 2.45. The largest absolute Gasteiger partial charge is 0.379 e. The maximum atomic E-state index is 6.20. The standard InChI is InChI=1S/C41H72O12/c1-2-41(31-50-24-20-46-19-23-49-30-34-5-8-37-40(27-34)53-37,9-11-42-13-15-44-17-21-47-28-32-3-6-35-38(25-32)51-35)10-12-43-14-16-45-18-22-48-29-33-4-7-36-39(26-33)52-36/h32-40H,2-31H2,1H3. The van der Waals surface area contributed by atoms with Crippen molar-refractivity contribution in [3.63, 3.8) is 0 Å². The van der Waals surface area contributed by atoms with Gasteiger partial charge in [-0.25, -0.2) is 0 Å². The second-order valence-corrected chi connectivity index (χ2v) is 16.4. The van der Waals surface area contributed by atoms with Crippen molar-refractivity contribution in [1.29, 1.82) is 0 Å². The van der Waals surface area contributed by atoms with Gasteiger partial charge in [-0.3, -0.25) is 0 Å². The van der Waals surface area contributed by atoms with Crippen LogP contribution in [-0.4, -0.2) is 156 Å². The molecule has 3 aliphatic heterocycles. The highest BCUT2D eigenvalue weighted by molar-refractivity contribution is 4.93. The molecule has 6 fully saturated rings. The van der Waals surface area contributed by atoms with Gasteiger partial charge < -0.3 is 56.8 Å². The highest BCUT2D eigenvalue weighted by atomic mass is 16.6. The van der Waals surface area contributed by atoms with Crippen LogP contribution in [0.5, 0.6) is 0 Å². The zero-order valence-corrected chi connectivity index (χ0v) is 32.8. The lowest BCUT2D eigenvalue weighted by Gasteiger charge is -2.32. The second-order valence-electron chi connectivity index (χ2n) is 16.4. The molecule has 3 saturated carbocycles. The zero-order chi connectivity index (χ0) is 36.4. The van der Waals surface area contributed by atoms with Crippen molar-refractivity contribution in [2.45, 2.75) is 121 Å². The molecule has 9 unspecified atom stereocenters. The van der Waals surface area contributed by atoms with Gasteiger partial charge in [0.05, 0.1) is 123 Å². The molecule has 3 aliphatic carbocycles. The van der Waals surface area contributed by atoms with Crippen LogP contribution in [0.25, 0.3) is 0 Å². The van der Waals surface area contributed by atoms with Crippen LogP contribution in [0.3, 0.4) is 0 Å². The monoisotopic (exact) mass is 757 g/mol. The van der Waals surface area contributed by atoms with Gasteiger partial charge in [0, 0.05) is 33.0 Å². The Morgan fingerprint density at radius 1 is 0.377 bits per heavy atom. The number of ether oxygens (including phenoxy) is 12. The van der Waals surface area contributed by atoms with Crippen LogP contribution in [-0.2, 0) is 56.8 Å². The summed E-state index contributed by atoms with van der Waals surface area (Å²) in [6.45, 7) is 13.7. The Labute approximate surface area is 319 Å². The lowest BCUT2D eigenvalue weighted by molar-refractivity contribution is -0.0429. The topological polar surface area (TPSA) is 121 Å². The smallest absolute Gasteiger partial charge is 0.0845 e. The third-order valence-electron chi connectivity index (χ3n) is 12.3. The fraction of sp³-hybridized carbons (Fsp3) is 1.00. The molecule has 12 heteroatoms. The molecule has 53 heavy (non-hydrogen) atoms. The maximum Gasteiger partial charge on any atom is 0.0845 e. The number of hydrogen-bond donors (Lipinski definition) is 0. The summed E-state index contributed by atoms with van der Waals surface area (Å²) in [4.78, 5) is 0. The lowest BCUT2D eigenvalue weighted by Crippen LogP contribution is -2.31. The van der Waals surface area contributed by atoms with Crippen molar-refractivity contribution in [2.75, 3.05) is 119 Å². The molecule has 6 aliphatic rings. The van der Waals surface area contributed by atoms with Crippen molar-refractivity contribution in [2.24, 2.45) is 23.2 Å². The Kier molecular flexibility index (Phi) is 18.8. The van der Waals surface area contributed by atoms with Crippen molar-refractivity contribution in [3.8, 4) is 0 Å². The molecule has 0 aromatic rings. The summed E-state index contributed by atoms with van der Waals surface area (Å²) in [5.41, 5.74) is -0.0356. The predicted octanol–water partition coefficient (Wildman–Crippen LogP) is 5.01. The minimum Gasteiger partial charge on any atom is -0.379 e. The van der Waals surface area contributed by atoms with E-state index in [9.17, 15) is 0 Å². The molecule has 3 heterocycles. The molecule has 0 radical (unpaired) electrons. The van der Waals surface area contributed by atoms with Gasteiger partial charge in [0.25, 0.3) is 0 Å². The van der Waals surface area contributed by atoms with Crippen LogP contribution >= 0.6 is 0 Å². The summed E-state index contributed by atoms with van der Waals surface area (Å²) in [7, 11) is 0. The normalized spacial score (nSPS) is 32.4. The van der Waals surface area contributed by atoms with E-state index in [2.05, 4.69) is 6.92 Å². The molecular formula is C41H72O12. The Morgan fingerprint density at radius 2 is 0.698 bits per heavy atom. The first-order valence-electron chi connectivity index (χ1n) is 21.4. The number of hydrogen-bond acceptors (Lipinski definition) is 12.